The summed E-state index contributed by atoms with van der Waals surface area (Å²) in [5.41, 5.74) is 1.89. The summed E-state index contributed by atoms with van der Waals surface area (Å²) in [6, 6.07) is 11.8. The average Bonchev–Trinajstić information content (AvgIpc) is 3.14. The SMILES string of the molecule is O=C(CCc1ccc(F)cc1)NCc1ccnc(-n2cccn2)c1. The second-order valence-electron chi connectivity index (χ2n) is 5.38. The number of nitrogens with one attached hydrogen (secondary N) is 1. The van der Waals surface area contributed by atoms with Crippen LogP contribution in [0, 0.1) is 5.82 Å². The molecule has 5 nitrogen and oxygen atoms in total. The highest BCUT2D eigenvalue weighted by Gasteiger charge is 2.04. The Morgan fingerprint density at radius 2 is 1.96 bits per heavy atom. The van der Waals surface area contributed by atoms with Gasteiger partial charge < -0.3 is 5.32 Å². The maximum atomic E-state index is 12.8. The largest absolute Gasteiger partial charge is 0.352 e. The number of carbonyl (C=O) groups is 1. The summed E-state index contributed by atoms with van der Waals surface area (Å²) in [6.07, 6.45) is 6.14. The summed E-state index contributed by atoms with van der Waals surface area (Å²) in [4.78, 5) is 16.2. The van der Waals surface area contributed by atoms with E-state index in [1.807, 2.05) is 24.4 Å². The Kier molecular flexibility index (Phi) is 4.96. The van der Waals surface area contributed by atoms with Crippen molar-refractivity contribution in [1.29, 1.82) is 0 Å². The molecule has 0 radical (unpaired) electrons. The third kappa shape index (κ3) is 4.25. The summed E-state index contributed by atoms with van der Waals surface area (Å²) in [6.45, 7) is 0.430. The van der Waals surface area contributed by atoms with Crippen LogP contribution in [0.2, 0.25) is 0 Å². The summed E-state index contributed by atoms with van der Waals surface area (Å²) < 4.78 is 14.5. The van der Waals surface area contributed by atoms with E-state index in [-0.39, 0.29) is 11.7 Å². The van der Waals surface area contributed by atoms with Crippen LogP contribution in [0.3, 0.4) is 0 Å². The predicted octanol–water partition coefficient (Wildman–Crippen LogP) is 2.66. The van der Waals surface area contributed by atoms with Gasteiger partial charge >= 0.3 is 0 Å². The monoisotopic (exact) mass is 324 g/mol. The van der Waals surface area contributed by atoms with Crippen LogP contribution in [0.25, 0.3) is 5.82 Å². The Labute approximate surface area is 139 Å². The molecule has 0 atom stereocenters. The number of pyridine rings is 1. The molecule has 0 unspecified atom stereocenters. The van der Waals surface area contributed by atoms with E-state index in [0.717, 1.165) is 11.1 Å². The van der Waals surface area contributed by atoms with Gasteiger partial charge in [-0.05, 0) is 47.9 Å². The molecule has 122 valence electrons. The lowest BCUT2D eigenvalue weighted by Crippen LogP contribution is -2.23. The van der Waals surface area contributed by atoms with E-state index >= 15 is 0 Å². The molecule has 1 amide bonds. The number of aromatic nitrogens is 3. The first-order chi connectivity index (χ1) is 11.7. The third-order valence-corrected chi connectivity index (χ3v) is 3.59. The number of nitrogens with zero attached hydrogens (tertiary/aromatic N) is 3. The van der Waals surface area contributed by atoms with Crippen molar-refractivity contribution in [2.24, 2.45) is 0 Å². The second kappa shape index (κ2) is 7.50. The van der Waals surface area contributed by atoms with Gasteiger partial charge in [0.2, 0.25) is 5.91 Å². The molecule has 0 fully saturated rings. The standard InChI is InChI=1S/C18H17FN4O/c19-16-5-2-14(3-6-16)4-7-18(24)21-13-15-8-10-20-17(12-15)23-11-1-9-22-23/h1-3,5-6,8-12H,4,7,13H2,(H,21,24). The highest BCUT2D eigenvalue weighted by molar-refractivity contribution is 5.76. The van der Waals surface area contributed by atoms with E-state index in [1.165, 1.54) is 12.1 Å². The molecule has 24 heavy (non-hydrogen) atoms. The Hall–Kier alpha value is -3.02. The van der Waals surface area contributed by atoms with Gasteiger partial charge in [-0.3, -0.25) is 4.79 Å². The number of benzene rings is 1. The van der Waals surface area contributed by atoms with Crippen LogP contribution in [-0.2, 0) is 17.8 Å². The number of amides is 1. The Bertz CT molecular complexity index is 800. The van der Waals surface area contributed by atoms with Gasteiger partial charge in [0.05, 0.1) is 0 Å². The van der Waals surface area contributed by atoms with E-state index in [4.69, 9.17) is 0 Å². The van der Waals surface area contributed by atoms with Crippen LogP contribution >= 0.6 is 0 Å². The molecule has 1 aromatic carbocycles. The van der Waals surface area contributed by atoms with E-state index in [1.54, 1.807) is 29.2 Å². The number of hydrogen-bond donors (Lipinski definition) is 1. The zero-order valence-electron chi connectivity index (χ0n) is 13.0. The molecule has 0 aliphatic carbocycles. The minimum absolute atomic E-state index is 0.0447. The van der Waals surface area contributed by atoms with Crippen LogP contribution in [0.15, 0.2) is 61.1 Å². The molecule has 0 aliphatic rings. The normalized spacial score (nSPS) is 10.5. The number of halogens is 1. The molecule has 2 heterocycles. The number of hydrogen-bond acceptors (Lipinski definition) is 3. The van der Waals surface area contributed by atoms with Crippen molar-refractivity contribution in [2.45, 2.75) is 19.4 Å². The molecule has 0 saturated heterocycles. The van der Waals surface area contributed by atoms with Gasteiger partial charge in [-0.25, -0.2) is 14.1 Å². The first-order valence-corrected chi connectivity index (χ1v) is 7.67. The maximum Gasteiger partial charge on any atom is 0.220 e. The van der Waals surface area contributed by atoms with Crippen LogP contribution in [-0.4, -0.2) is 20.7 Å². The summed E-state index contributed by atoms with van der Waals surface area (Å²) in [7, 11) is 0. The molecule has 1 N–H and O–H groups in total. The lowest BCUT2D eigenvalue weighted by Gasteiger charge is -2.07. The molecule has 3 rings (SSSR count). The van der Waals surface area contributed by atoms with Crippen molar-refractivity contribution in [2.75, 3.05) is 0 Å². The number of aryl methyl sites for hydroxylation is 1. The fourth-order valence-electron chi connectivity index (χ4n) is 2.30. The lowest BCUT2D eigenvalue weighted by molar-refractivity contribution is -0.121. The van der Waals surface area contributed by atoms with Crippen molar-refractivity contribution < 1.29 is 9.18 Å². The maximum absolute atomic E-state index is 12.8. The smallest absolute Gasteiger partial charge is 0.220 e. The van der Waals surface area contributed by atoms with E-state index in [9.17, 15) is 9.18 Å². The highest BCUT2D eigenvalue weighted by Crippen LogP contribution is 2.07. The lowest BCUT2D eigenvalue weighted by atomic mass is 10.1. The molecule has 0 spiro atoms. The third-order valence-electron chi connectivity index (χ3n) is 3.59. The van der Waals surface area contributed by atoms with Crippen LogP contribution in [0.1, 0.15) is 17.5 Å². The van der Waals surface area contributed by atoms with Crippen molar-refractivity contribution in [1.82, 2.24) is 20.1 Å². The van der Waals surface area contributed by atoms with Gasteiger partial charge in [0.15, 0.2) is 5.82 Å². The van der Waals surface area contributed by atoms with E-state index < -0.39 is 0 Å². The van der Waals surface area contributed by atoms with Gasteiger partial charge in [-0.15, -0.1) is 0 Å². The topological polar surface area (TPSA) is 59.8 Å². The molecule has 6 heteroatoms. The van der Waals surface area contributed by atoms with Crippen LogP contribution in [0.4, 0.5) is 4.39 Å². The van der Waals surface area contributed by atoms with Gasteiger partial charge in [-0.2, -0.15) is 5.10 Å². The average molecular weight is 324 g/mol. The van der Waals surface area contributed by atoms with Crippen molar-refractivity contribution in [3.05, 3.63) is 78.0 Å². The van der Waals surface area contributed by atoms with E-state index in [0.29, 0.717) is 25.2 Å². The first kappa shape index (κ1) is 15.9. The van der Waals surface area contributed by atoms with Gasteiger partial charge in [0, 0.05) is 31.6 Å². The predicted molar refractivity (Wildman–Crippen MR) is 87.9 cm³/mol. The zero-order chi connectivity index (χ0) is 16.8. The quantitative estimate of drug-likeness (QED) is 0.758. The zero-order valence-corrected chi connectivity index (χ0v) is 13.0. The molecule has 2 aromatic heterocycles. The minimum Gasteiger partial charge on any atom is -0.352 e. The second-order valence-corrected chi connectivity index (χ2v) is 5.38. The van der Waals surface area contributed by atoms with Crippen molar-refractivity contribution >= 4 is 5.91 Å². The van der Waals surface area contributed by atoms with Crippen molar-refractivity contribution in [3.8, 4) is 5.82 Å². The minimum atomic E-state index is -0.270. The number of carbonyl (C=O) groups excluding carboxylic acids is 1. The van der Waals surface area contributed by atoms with Gasteiger partial charge in [0.25, 0.3) is 0 Å². The fraction of sp³-hybridized carbons (Fsp3) is 0.167. The molecule has 0 bridgehead atoms. The first-order valence-electron chi connectivity index (χ1n) is 7.67. The van der Waals surface area contributed by atoms with Gasteiger partial charge in [0.1, 0.15) is 5.82 Å². The Morgan fingerprint density at radius 1 is 1.12 bits per heavy atom. The van der Waals surface area contributed by atoms with Crippen LogP contribution < -0.4 is 5.32 Å². The molecule has 0 aliphatic heterocycles. The fourth-order valence-corrected chi connectivity index (χ4v) is 2.30. The van der Waals surface area contributed by atoms with Crippen LogP contribution in [0.5, 0.6) is 0 Å². The molecule has 3 aromatic rings. The Morgan fingerprint density at radius 3 is 2.71 bits per heavy atom. The van der Waals surface area contributed by atoms with Crippen molar-refractivity contribution in [3.63, 3.8) is 0 Å². The Balaban J connectivity index is 1.51. The molecule has 0 saturated carbocycles. The van der Waals surface area contributed by atoms with Gasteiger partial charge in [-0.1, -0.05) is 12.1 Å². The molecular formula is C18H17FN4O. The summed E-state index contributed by atoms with van der Waals surface area (Å²) in [5, 5.41) is 7.01. The van der Waals surface area contributed by atoms with E-state index in [2.05, 4.69) is 15.4 Å². The highest BCUT2D eigenvalue weighted by atomic mass is 19.1. The molecular weight excluding hydrogens is 307 g/mol. The summed E-state index contributed by atoms with van der Waals surface area (Å²) in [5.74, 6) is 0.392. The number of rotatable bonds is 6. The summed E-state index contributed by atoms with van der Waals surface area (Å²) >= 11 is 0.